The third-order valence-electron chi connectivity index (χ3n) is 1.45. The van der Waals surface area contributed by atoms with Crippen LogP contribution in [-0.2, 0) is 0 Å². The van der Waals surface area contributed by atoms with E-state index in [1.54, 1.807) is 18.2 Å². The summed E-state index contributed by atoms with van der Waals surface area (Å²) >= 11 is 1.41. The molecule has 0 unspecified atom stereocenters. The van der Waals surface area contributed by atoms with Gasteiger partial charge < -0.3 is 5.11 Å². The third-order valence-corrected chi connectivity index (χ3v) is 2.47. The molecule has 13 heavy (non-hydrogen) atoms. The van der Waals surface area contributed by atoms with Gasteiger partial charge in [-0.1, -0.05) is 30.0 Å². The van der Waals surface area contributed by atoms with Crippen molar-refractivity contribution in [1.82, 2.24) is 0 Å². The van der Waals surface area contributed by atoms with Crippen LogP contribution in [0.2, 0.25) is 0 Å². The molecule has 0 aliphatic heterocycles. The van der Waals surface area contributed by atoms with Gasteiger partial charge in [-0.25, -0.2) is 4.79 Å². The second-order valence-electron chi connectivity index (χ2n) is 2.39. The maximum Gasteiger partial charge on any atom is 0.336 e. The van der Waals surface area contributed by atoms with Crippen LogP contribution in [-0.4, -0.2) is 11.1 Å². The van der Waals surface area contributed by atoms with Crippen molar-refractivity contribution < 1.29 is 9.90 Å². The van der Waals surface area contributed by atoms with Crippen LogP contribution < -0.4 is 0 Å². The van der Waals surface area contributed by atoms with E-state index in [0.29, 0.717) is 5.56 Å². The molecule has 3 heteroatoms. The van der Waals surface area contributed by atoms with Crippen LogP contribution in [0, 0.1) is 0 Å². The van der Waals surface area contributed by atoms with Gasteiger partial charge in [0.25, 0.3) is 0 Å². The van der Waals surface area contributed by atoms with Crippen LogP contribution in [0.5, 0.6) is 0 Å². The predicted octanol–water partition coefficient (Wildman–Crippen LogP) is 3.01. The highest BCUT2D eigenvalue weighted by molar-refractivity contribution is 8.02. The summed E-state index contributed by atoms with van der Waals surface area (Å²) in [5.41, 5.74) is 0.352. The Balaban J connectivity index is 2.97. The molecular formula is C10H10O2S. The lowest BCUT2D eigenvalue weighted by molar-refractivity contribution is 0.0693. The Morgan fingerprint density at radius 3 is 2.77 bits per heavy atom. The Morgan fingerprint density at radius 2 is 2.15 bits per heavy atom. The maximum atomic E-state index is 10.7. The van der Waals surface area contributed by atoms with Gasteiger partial charge in [0.15, 0.2) is 0 Å². The Kier molecular flexibility index (Phi) is 3.58. The van der Waals surface area contributed by atoms with E-state index < -0.39 is 5.97 Å². The number of carboxylic acids is 1. The van der Waals surface area contributed by atoms with Crippen molar-refractivity contribution in [2.75, 3.05) is 0 Å². The second-order valence-corrected chi connectivity index (χ2v) is 3.34. The van der Waals surface area contributed by atoms with Crippen molar-refractivity contribution >= 4 is 17.7 Å². The summed E-state index contributed by atoms with van der Waals surface area (Å²) in [5.74, 6) is -0.882. The fraction of sp³-hybridized carbons (Fsp3) is 0.100. The standard InChI is InChI=1S/C10H10O2S/c1-2-7-13-9-6-4-3-5-8(9)10(11)12/h2-7H,1H3,(H,11,12). The lowest BCUT2D eigenvalue weighted by Crippen LogP contribution is -1.97. The molecule has 0 radical (unpaired) electrons. The molecule has 0 spiro atoms. The van der Waals surface area contributed by atoms with Crippen LogP contribution in [0.4, 0.5) is 0 Å². The van der Waals surface area contributed by atoms with Crippen LogP contribution in [0.1, 0.15) is 17.3 Å². The van der Waals surface area contributed by atoms with E-state index >= 15 is 0 Å². The highest BCUT2D eigenvalue weighted by atomic mass is 32.2. The Labute approximate surface area is 81.3 Å². The molecule has 0 aromatic heterocycles. The van der Waals surface area contributed by atoms with Crippen molar-refractivity contribution in [2.24, 2.45) is 0 Å². The Morgan fingerprint density at radius 1 is 1.46 bits per heavy atom. The van der Waals surface area contributed by atoms with E-state index in [-0.39, 0.29) is 0 Å². The minimum absolute atomic E-state index is 0.352. The van der Waals surface area contributed by atoms with Gasteiger partial charge in [0.1, 0.15) is 0 Å². The number of allylic oxidation sites excluding steroid dienone is 1. The molecule has 0 atom stereocenters. The summed E-state index contributed by atoms with van der Waals surface area (Å²) in [6, 6.07) is 6.96. The molecule has 0 fully saturated rings. The van der Waals surface area contributed by atoms with Gasteiger partial charge in [-0.2, -0.15) is 0 Å². The summed E-state index contributed by atoms with van der Waals surface area (Å²) in [6.45, 7) is 1.90. The number of carboxylic acid groups (broad SMARTS) is 1. The first-order valence-electron chi connectivity index (χ1n) is 3.86. The summed E-state index contributed by atoms with van der Waals surface area (Å²) in [4.78, 5) is 11.5. The number of thioether (sulfide) groups is 1. The molecule has 1 rings (SSSR count). The molecule has 0 saturated carbocycles. The highest BCUT2D eigenvalue weighted by Gasteiger charge is 2.07. The molecule has 1 N–H and O–H groups in total. The van der Waals surface area contributed by atoms with Gasteiger partial charge in [-0.15, -0.1) is 0 Å². The van der Waals surface area contributed by atoms with Crippen molar-refractivity contribution in [3.63, 3.8) is 0 Å². The molecule has 0 heterocycles. The summed E-state index contributed by atoms with van der Waals surface area (Å²) in [5, 5.41) is 10.7. The number of hydrogen-bond acceptors (Lipinski definition) is 2. The summed E-state index contributed by atoms with van der Waals surface area (Å²) < 4.78 is 0. The van der Waals surface area contributed by atoms with E-state index in [1.807, 2.05) is 24.5 Å². The van der Waals surface area contributed by atoms with Crippen molar-refractivity contribution in [1.29, 1.82) is 0 Å². The maximum absolute atomic E-state index is 10.7. The van der Waals surface area contributed by atoms with E-state index in [4.69, 9.17) is 5.11 Å². The van der Waals surface area contributed by atoms with Gasteiger partial charge in [-0.3, -0.25) is 0 Å². The van der Waals surface area contributed by atoms with Crippen LogP contribution in [0.15, 0.2) is 40.6 Å². The fourth-order valence-corrected chi connectivity index (χ4v) is 1.61. The quantitative estimate of drug-likeness (QED) is 0.751. The zero-order valence-electron chi connectivity index (χ0n) is 7.23. The SMILES string of the molecule is CC=CSc1ccccc1C(=O)O. The lowest BCUT2D eigenvalue weighted by atomic mass is 10.2. The monoisotopic (exact) mass is 194 g/mol. The van der Waals surface area contributed by atoms with Crippen LogP contribution >= 0.6 is 11.8 Å². The number of aromatic carboxylic acids is 1. The van der Waals surface area contributed by atoms with E-state index in [1.165, 1.54) is 11.8 Å². The van der Waals surface area contributed by atoms with Gasteiger partial charge in [0, 0.05) is 4.90 Å². The third kappa shape index (κ3) is 2.63. The van der Waals surface area contributed by atoms with Gasteiger partial charge in [0.2, 0.25) is 0 Å². The predicted molar refractivity (Wildman–Crippen MR) is 54.1 cm³/mol. The van der Waals surface area contributed by atoms with E-state index in [2.05, 4.69) is 0 Å². The van der Waals surface area contributed by atoms with Gasteiger partial charge in [0.05, 0.1) is 5.56 Å². The normalized spacial score (nSPS) is 10.5. The first-order chi connectivity index (χ1) is 6.25. The number of carbonyl (C=O) groups is 1. The molecule has 0 bridgehead atoms. The average molecular weight is 194 g/mol. The molecule has 0 saturated heterocycles. The first-order valence-corrected chi connectivity index (χ1v) is 4.74. The minimum Gasteiger partial charge on any atom is -0.478 e. The summed E-state index contributed by atoms with van der Waals surface area (Å²) in [6.07, 6.45) is 1.88. The second kappa shape index (κ2) is 4.72. The largest absolute Gasteiger partial charge is 0.478 e. The zero-order valence-corrected chi connectivity index (χ0v) is 8.04. The number of hydrogen-bond donors (Lipinski definition) is 1. The van der Waals surface area contributed by atoms with Gasteiger partial charge in [-0.05, 0) is 24.5 Å². The molecule has 1 aromatic carbocycles. The number of benzene rings is 1. The summed E-state index contributed by atoms with van der Waals surface area (Å²) in [7, 11) is 0. The van der Waals surface area contributed by atoms with Crippen LogP contribution in [0.25, 0.3) is 0 Å². The van der Waals surface area contributed by atoms with Crippen molar-refractivity contribution in [2.45, 2.75) is 11.8 Å². The molecule has 0 aliphatic carbocycles. The van der Waals surface area contributed by atoms with Crippen LogP contribution in [0.3, 0.4) is 0 Å². The molecule has 0 amide bonds. The van der Waals surface area contributed by atoms with E-state index in [9.17, 15) is 4.79 Å². The molecule has 68 valence electrons. The van der Waals surface area contributed by atoms with Gasteiger partial charge >= 0.3 is 5.97 Å². The van der Waals surface area contributed by atoms with Crippen molar-refractivity contribution in [3.05, 3.63) is 41.3 Å². The zero-order chi connectivity index (χ0) is 9.68. The molecular weight excluding hydrogens is 184 g/mol. The molecule has 1 aromatic rings. The fourth-order valence-electron chi connectivity index (χ4n) is 0.887. The minimum atomic E-state index is -0.882. The lowest BCUT2D eigenvalue weighted by Gasteiger charge is -2.00. The molecule has 0 aliphatic rings. The first kappa shape index (κ1) is 9.86. The smallest absolute Gasteiger partial charge is 0.336 e. The average Bonchev–Trinajstić information content (AvgIpc) is 2.15. The molecule has 2 nitrogen and oxygen atoms in total. The Bertz CT molecular complexity index is 331. The number of rotatable bonds is 3. The van der Waals surface area contributed by atoms with E-state index in [0.717, 1.165) is 4.90 Å². The highest BCUT2D eigenvalue weighted by Crippen LogP contribution is 2.23. The Hall–Kier alpha value is -1.22. The topological polar surface area (TPSA) is 37.3 Å². The van der Waals surface area contributed by atoms with Crippen molar-refractivity contribution in [3.8, 4) is 0 Å².